The van der Waals surface area contributed by atoms with Gasteiger partial charge < -0.3 is 0 Å². The molecule has 0 unspecified atom stereocenters. The first-order valence-electron chi connectivity index (χ1n) is 5.40. The quantitative estimate of drug-likeness (QED) is 0.426. The molecule has 0 saturated carbocycles. The van der Waals surface area contributed by atoms with Crippen molar-refractivity contribution < 1.29 is 8.78 Å². The highest BCUT2D eigenvalue weighted by Crippen LogP contribution is 2.32. The van der Waals surface area contributed by atoms with Crippen LogP contribution in [-0.4, -0.2) is 4.98 Å². The van der Waals surface area contributed by atoms with Gasteiger partial charge in [0.15, 0.2) is 0 Å². The highest BCUT2D eigenvalue weighted by atomic mass is 35.5. The number of nitrogens with zero attached hydrogens (tertiary/aromatic N) is 1. The fourth-order valence-corrected chi connectivity index (χ4v) is 2.45. The third-order valence-electron chi connectivity index (χ3n) is 3.04. The van der Waals surface area contributed by atoms with E-state index in [1.165, 1.54) is 6.07 Å². The Labute approximate surface area is 107 Å². The van der Waals surface area contributed by atoms with Gasteiger partial charge in [-0.2, -0.15) is 0 Å². The van der Waals surface area contributed by atoms with Crippen LogP contribution in [0.4, 0.5) is 8.78 Å². The van der Waals surface area contributed by atoms with E-state index in [4.69, 9.17) is 11.6 Å². The van der Waals surface area contributed by atoms with Crippen molar-refractivity contribution in [3.05, 3.63) is 52.8 Å². The molecule has 0 aliphatic carbocycles. The smallest absolute Gasteiger partial charge is 0.136 e. The molecule has 4 heteroatoms. The molecule has 0 fully saturated rings. The van der Waals surface area contributed by atoms with Crippen LogP contribution in [0.25, 0.3) is 21.5 Å². The molecule has 18 heavy (non-hydrogen) atoms. The van der Waals surface area contributed by atoms with Crippen LogP contribution in [0.3, 0.4) is 0 Å². The van der Waals surface area contributed by atoms with Gasteiger partial charge in [0.05, 0.1) is 0 Å². The minimum absolute atomic E-state index is 0.335. The molecule has 3 aromatic rings. The molecule has 3 rings (SSSR count). The fourth-order valence-electron chi connectivity index (χ4n) is 2.24. The maximum atomic E-state index is 13.7. The predicted octanol–water partition coefficient (Wildman–Crippen LogP) is 4.63. The van der Waals surface area contributed by atoms with E-state index in [0.717, 1.165) is 17.0 Å². The summed E-state index contributed by atoms with van der Waals surface area (Å²) in [5.74, 6) is -1.17. The zero-order valence-electron chi connectivity index (χ0n) is 9.47. The average Bonchev–Trinajstić information content (AvgIpc) is 2.33. The summed E-state index contributed by atoms with van der Waals surface area (Å²) in [4.78, 5) is 4.04. The minimum Gasteiger partial charge on any atom is -0.244 e. The molecule has 0 N–H and O–H groups in total. The van der Waals surface area contributed by atoms with E-state index in [-0.39, 0.29) is 0 Å². The summed E-state index contributed by atoms with van der Waals surface area (Å²) in [6, 6.07) is 5.51. The van der Waals surface area contributed by atoms with E-state index < -0.39 is 11.6 Å². The van der Waals surface area contributed by atoms with Gasteiger partial charge in [-0.05, 0) is 29.3 Å². The van der Waals surface area contributed by atoms with Crippen LogP contribution in [0.15, 0.2) is 30.5 Å². The van der Waals surface area contributed by atoms with Crippen molar-refractivity contribution in [1.29, 1.82) is 0 Å². The molecule has 90 valence electrons. The molecule has 0 spiro atoms. The molecule has 0 aliphatic rings. The van der Waals surface area contributed by atoms with Gasteiger partial charge in [0.1, 0.15) is 16.8 Å². The highest BCUT2D eigenvalue weighted by Gasteiger charge is 2.11. The Bertz CT molecular complexity index is 784. The Balaban J connectivity index is 2.64. The first-order chi connectivity index (χ1) is 8.58. The van der Waals surface area contributed by atoms with E-state index in [1.807, 2.05) is 6.92 Å². The molecule has 1 heterocycles. The summed E-state index contributed by atoms with van der Waals surface area (Å²) in [7, 11) is 0. The van der Waals surface area contributed by atoms with Gasteiger partial charge in [0.2, 0.25) is 0 Å². The van der Waals surface area contributed by atoms with Gasteiger partial charge >= 0.3 is 0 Å². The number of halogens is 3. The average molecular weight is 264 g/mol. The van der Waals surface area contributed by atoms with E-state index in [9.17, 15) is 8.78 Å². The molecule has 1 nitrogen and oxygen atoms in total. The number of hydrogen-bond acceptors (Lipinski definition) is 1. The summed E-state index contributed by atoms with van der Waals surface area (Å²) in [6.45, 7) is 1.84. The second-order valence-electron chi connectivity index (χ2n) is 4.20. The van der Waals surface area contributed by atoms with Crippen LogP contribution in [0.1, 0.15) is 5.56 Å². The van der Waals surface area contributed by atoms with Crippen molar-refractivity contribution in [2.45, 2.75) is 6.92 Å². The predicted molar refractivity (Wildman–Crippen MR) is 68.9 cm³/mol. The Morgan fingerprint density at radius 3 is 2.56 bits per heavy atom. The Kier molecular flexibility index (Phi) is 2.45. The normalized spacial score (nSPS) is 11.3. The van der Waals surface area contributed by atoms with Crippen LogP contribution < -0.4 is 0 Å². The number of pyridine rings is 1. The monoisotopic (exact) mass is 263 g/mol. The molecule has 0 radical (unpaired) electrons. The lowest BCUT2D eigenvalue weighted by molar-refractivity contribution is 0.592. The maximum absolute atomic E-state index is 13.7. The third kappa shape index (κ3) is 1.55. The zero-order chi connectivity index (χ0) is 12.9. The fraction of sp³-hybridized carbons (Fsp3) is 0.0714. The lowest BCUT2D eigenvalue weighted by Crippen LogP contribution is -1.89. The van der Waals surface area contributed by atoms with Gasteiger partial charge in [-0.15, -0.1) is 0 Å². The van der Waals surface area contributed by atoms with Gasteiger partial charge in [-0.25, -0.2) is 13.8 Å². The van der Waals surface area contributed by atoms with Crippen molar-refractivity contribution in [2.24, 2.45) is 0 Å². The lowest BCUT2D eigenvalue weighted by Gasteiger charge is -2.08. The first kappa shape index (κ1) is 11.4. The molecule has 0 amide bonds. The van der Waals surface area contributed by atoms with Crippen LogP contribution in [0, 0.1) is 18.6 Å². The molecule has 0 bridgehead atoms. The maximum Gasteiger partial charge on any atom is 0.136 e. The lowest BCUT2D eigenvalue weighted by atomic mass is 10.00. The molecule has 2 aromatic carbocycles. The SMILES string of the molecule is Cc1cnc(Cl)c2ccc3c(F)cc(F)cc3c12. The Hall–Kier alpha value is -1.74. The van der Waals surface area contributed by atoms with Crippen LogP contribution in [-0.2, 0) is 0 Å². The number of fused-ring (bicyclic) bond motifs is 3. The van der Waals surface area contributed by atoms with Gasteiger partial charge in [-0.3, -0.25) is 0 Å². The van der Waals surface area contributed by atoms with E-state index in [2.05, 4.69) is 4.98 Å². The largest absolute Gasteiger partial charge is 0.244 e. The van der Waals surface area contributed by atoms with E-state index in [0.29, 0.717) is 21.3 Å². The summed E-state index contributed by atoms with van der Waals surface area (Å²) in [5.41, 5.74) is 0.838. The second-order valence-corrected chi connectivity index (χ2v) is 4.56. The van der Waals surface area contributed by atoms with E-state index >= 15 is 0 Å². The van der Waals surface area contributed by atoms with Crippen LogP contribution >= 0.6 is 11.6 Å². The molecule has 0 saturated heterocycles. The molecular formula is C14H8ClF2N. The first-order valence-corrected chi connectivity index (χ1v) is 5.78. The molecule has 0 atom stereocenters. The van der Waals surface area contributed by atoms with Crippen molar-refractivity contribution in [3.63, 3.8) is 0 Å². The minimum atomic E-state index is -0.597. The van der Waals surface area contributed by atoms with Crippen molar-refractivity contribution in [1.82, 2.24) is 4.98 Å². The Morgan fingerprint density at radius 1 is 1.06 bits per heavy atom. The van der Waals surface area contributed by atoms with Crippen LogP contribution in [0.2, 0.25) is 5.15 Å². The topological polar surface area (TPSA) is 12.9 Å². The number of aromatic nitrogens is 1. The third-order valence-corrected chi connectivity index (χ3v) is 3.34. The van der Waals surface area contributed by atoms with Gasteiger partial charge in [0.25, 0.3) is 0 Å². The summed E-state index contributed by atoms with van der Waals surface area (Å²) in [6.07, 6.45) is 1.60. The summed E-state index contributed by atoms with van der Waals surface area (Å²) in [5, 5.41) is 2.68. The molecule has 0 aliphatic heterocycles. The summed E-state index contributed by atoms with van der Waals surface area (Å²) < 4.78 is 27.1. The molecule has 1 aromatic heterocycles. The number of hydrogen-bond donors (Lipinski definition) is 0. The number of benzene rings is 2. The van der Waals surface area contributed by atoms with Crippen molar-refractivity contribution in [2.75, 3.05) is 0 Å². The van der Waals surface area contributed by atoms with Crippen LogP contribution in [0.5, 0.6) is 0 Å². The molecular weight excluding hydrogens is 256 g/mol. The Morgan fingerprint density at radius 2 is 1.78 bits per heavy atom. The van der Waals surface area contributed by atoms with Gasteiger partial charge in [-0.1, -0.05) is 23.7 Å². The number of aryl methyl sites for hydroxylation is 1. The second kappa shape index (κ2) is 3.89. The number of rotatable bonds is 0. The van der Waals surface area contributed by atoms with Crippen molar-refractivity contribution in [3.8, 4) is 0 Å². The summed E-state index contributed by atoms with van der Waals surface area (Å²) >= 11 is 6.01. The highest BCUT2D eigenvalue weighted by molar-refractivity contribution is 6.35. The van der Waals surface area contributed by atoms with Gasteiger partial charge in [0, 0.05) is 23.0 Å². The zero-order valence-corrected chi connectivity index (χ0v) is 10.2. The standard InChI is InChI=1S/C14H8ClF2N/c1-7-6-18-14(15)10-3-2-9-11(13(7)10)4-8(16)5-12(9)17/h2-6H,1H3. The van der Waals surface area contributed by atoms with E-state index in [1.54, 1.807) is 18.3 Å². The van der Waals surface area contributed by atoms with Crippen molar-refractivity contribution >= 4 is 33.1 Å².